The van der Waals surface area contributed by atoms with Crippen LogP contribution in [0.25, 0.3) is 22.3 Å². The summed E-state index contributed by atoms with van der Waals surface area (Å²) < 4.78 is 29.8. The first-order chi connectivity index (χ1) is 15.9. The molecule has 2 aromatic carbocycles. The third kappa shape index (κ3) is 3.14. The third-order valence-electron chi connectivity index (χ3n) is 7.50. The molecule has 0 radical (unpaired) electrons. The summed E-state index contributed by atoms with van der Waals surface area (Å²) in [6.45, 7) is 2.66. The minimum absolute atomic E-state index is 0.0827. The molecule has 5 nitrogen and oxygen atoms in total. The number of amides is 1. The molecule has 33 heavy (non-hydrogen) atoms. The Labute approximate surface area is 190 Å². The zero-order valence-electron chi connectivity index (χ0n) is 18.3. The van der Waals surface area contributed by atoms with Gasteiger partial charge in [-0.15, -0.1) is 0 Å². The number of fused-ring (bicyclic) bond motifs is 2. The van der Waals surface area contributed by atoms with Crippen LogP contribution in [0.5, 0.6) is 0 Å². The number of hydrogen-bond acceptors (Lipinski definition) is 4. The fourth-order valence-corrected chi connectivity index (χ4v) is 5.73. The number of carbonyl (C=O) groups excluding carboxylic acids is 1. The van der Waals surface area contributed by atoms with E-state index in [-0.39, 0.29) is 28.3 Å². The molecule has 168 valence electrons. The quantitative estimate of drug-likeness (QED) is 0.601. The topological polar surface area (TPSA) is 71.2 Å². The van der Waals surface area contributed by atoms with Crippen LogP contribution in [0.2, 0.25) is 0 Å². The van der Waals surface area contributed by atoms with Crippen LogP contribution < -0.4 is 11.1 Å². The Kier molecular flexibility index (Phi) is 4.36. The van der Waals surface area contributed by atoms with Crippen LogP contribution in [0.3, 0.4) is 0 Å². The van der Waals surface area contributed by atoms with E-state index in [0.717, 1.165) is 18.7 Å². The van der Waals surface area contributed by atoms with Crippen LogP contribution in [0.4, 0.5) is 14.6 Å². The van der Waals surface area contributed by atoms with Crippen molar-refractivity contribution in [1.29, 1.82) is 0 Å². The van der Waals surface area contributed by atoms with Crippen LogP contribution >= 0.6 is 0 Å². The highest BCUT2D eigenvalue weighted by Crippen LogP contribution is 2.58. The second-order valence-electron chi connectivity index (χ2n) is 9.59. The number of rotatable bonds is 3. The van der Waals surface area contributed by atoms with Crippen molar-refractivity contribution in [2.45, 2.75) is 18.3 Å². The Morgan fingerprint density at radius 1 is 1.09 bits per heavy atom. The number of aromatic nitrogens is 1. The first-order valence-corrected chi connectivity index (χ1v) is 11.2. The summed E-state index contributed by atoms with van der Waals surface area (Å²) in [5.41, 5.74) is 10.1. The van der Waals surface area contributed by atoms with Crippen LogP contribution in [0.15, 0.2) is 42.5 Å². The molecule has 2 fully saturated rings. The highest BCUT2D eigenvalue weighted by atomic mass is 19.1. The molecular formula is C26H24F2N4O. The molecule has 3 heterocycles. The van der Waals surface area contributed by atoms with Crippen molar-refractivity contribution in [3.63, 3.8) is 0 Å². The molecule has 3 aliphatic rings. The predicted molar refractivity (Wildman–Crippen MR) is 123 cm³/mol. The minimum Gasteiger partial charge on any atom is -0.383 e. The van der Waals surface area contributed by atoms with E-state index >= 15 is 0 Å². The van der Waals surface area contributed by atoms with Gasteiger partial charge < -0.3 is 16.0 Å². The molecule has 7 heteroatoms. The Hall–Kier alpha value is -3.32. The van der Waals surface area contributed by atoms with Crippen LogP contribution in [0, 0.1) is 17.7 Å². The van der Waals surface area contributed by atoms with Gasteiger partial charge in [0.15, 0.2) is 0 Å². The van der Waals surface area contributed by atoms with Crippen molar-refractivity contribution in [2.24, 2.45) is 5.92 Å². The normalized spacial score (nSPS) is 23.7. The number of likely N-dealkylation sites (tertiary alicyclic amines) is 1. The molecule has 1 saturated carbocycles. The van der Waals surface area contributed by atoms with Gasteiger partial charge in [-0.05, 0) is 60.7 Å². The maximum Gasteiger partial charge on any atom is 0.251 e. The summed E-state index contributed by atoms with van der Waals surface area (Å²) >= 11 is 0. The number of nitrogens with zero attached hydrogens (tertiary/aromatic N) is 2. The van der Waals surface area contributed by atoms with E-state index in [1.807, 2.05) is 12.1 Å². The summed E-state index contributed by atoms with van der Waals surface area (Å²) in [4.78, 5) is 18.3. The molecule has 1 aliphatic carbocycles. The number of hydrogen-bond donors (Lipinski definition) is 2. The van der Waals surface area contributed by atoms with Gasteiger partial charge in [-0.3, -0.25) is 4.79 Å². The van der Waals surface area contributed by atoms with Crippen molar-refractivity contribution in [3.8, 4) is 22.3 Å². The standard InChI is InChI=1S/C26H24F2N4O/c1-32-12-17-11-26(17,13-32)16-4-2-14(3-5-16)18-9-21(24(29)31-23(18)28)20-8-15-6-7-30-25(33)19(15)10-22(20)27/h2-5,8-10,17H,6-7,11-13H2,1H3,(H2,29,31)(H,30,33)/t17-,26?/m1/s1. The second-order valence-corrected chi connectivity index (χ2v) is 9.59. The van der Waals surface area contributed by atoms with Gasteiger partial charge in [-0.1, -0.05) is 24.3 Å². The molecule has 1 saturated heterocycles. The molecule has 1 aromatic heterocycles. The second kappa shape index (κ2) is 7.09. The number of piperidine rings is 1. The van der Waals surface area contributed by atoms with Gasteiger partial charge in [0, 0.05) is 47.3 Å². The van der Waals surface area contributed by atoms with Gasteiger partial charge >= 0.3 is 0 Å². The summed E-state index contributed by atoms with van der Waals surface area (Å²) in [6.07, 6.45) is 1.80. The summed E-state index contributed by atoms with van der Waals surface area (Å²) in [5, 5.41) is 2.71. The van der Waals surface area contributed by atoms with E-state index in [0.29, 0.717) is 35.6 Å². The average molecular weight is 447 g/mol. The van der Waals surface area contributed by atoms with E-state index in [2.05, 4.69) is 34.4 Å². The predicted octanol–water partition coefficient (Wildman–Crippen LogP) is 3.77. The van der Waals surface area contributed by atoms with Crippen LogP contribution in [0.1, 0.15) is 27.9 Å². The van der Waals surface area contributed by atoms with E-state index < -0.39 is 11.8 Å². The highest BCUT2D eigenvalue weighted by Gasteiger charge is 2.59. The number of likely N-dealkylation sites (N-methyl/N-ethyl adjacent to an activating group) is 1. The summed E-state index contributed by atoms with van der Waals surface area (Å²) in [7, 11) is 2.14. The van der Waals surface area contributed by atoms with E-state index in [9.17, 15) is 13.6 Å². The lowest BCUT2D eigenvalue weighted by Crippen LogP contribution is -2.32. The number of halogens is 2. The zero-order valence-corrected chi connectivity index (χ0v) is 18.3. The molecule has 0 spiro atoms. The Morgan fingerprint density at radius 3 is 2.61 bits per heavy atom. The SMILES string of the molecule is CN1C[C@H]2CC2(c2ccc(-c3cc(-c4cc5c(cc4F)C(=O)NCC5)c(N)nc3F)cc2)C1. The first kappa shape index (κ1) is 20.3. The number of nitrogens with one attached hydrogen (secondary N) is 1. The van der Waals surface area contributed by atoms with Gasteiger partial charge in [-0.2, -0.15) is 4.39 Å². The van der Waals surface area contributed by atoms with Crippen LogP contribution in [-0.4, -0.2) is 42.5 Å². The maximum absolute atomic E-state index is 15.0. The first-order valence-electron chi connectivity index (χ1n) is 11.2. The molecule has 1 amide bonds. The lowest BCUT2D eigenvalue weighted by Gasteiger charge is -2.19. The third-order valence-corrected chi connectivity index (χ3v) is 7.50. The largest absolute Gasteiger partial charge is 0.383 e. The number of pyridine rings is 1. The fraction of sp³-hybridized carbons (Fsp3) is 0.308. The average Bonchev–Trinajstić information content (AvgIpc) is 3.36. The number of carbonyl (C=O) groups is 1. The summed E-state index contributed by atoms with van der Waals surface area (Å²) in [5.74, 6) is -0.954. The summed E-state index contributed by atoms with van der Waals surface area (Å²) in [6, 6.07) is 12.4. The molecule has 3 N–H and O–H groups in total. The number of anilines is 1. The molecular weight excluding hydrogens is 422 g/mol. The number of nitrogen functional groups attached to an aromatic ring is 1. The number of nitrogens with two attached hydrogens (primary N) is 1. The van der Waals surface area contributed by atoms with E-state index in [4.69, 9.17) is 5.73 Å². The van der Waals surface area contributed by atoms with Gasteiger partial charge in [-0.25, -0.2) is 9.37 Å². The molecule has 6 rings (SSSR count). The minimum atomic E-state index is -0.690. The van der Waals surface area contributed by atoms with E-state index in [1.165, 1.54) is 18.1 Å². The van der Waals surface area contributed by atoms with Gasteiger partial charge in [0.2, 0.25) is 5.95 Å². The Balaban J connectivity index is 1.39. The molecule has 2 atom stereocenters. The fourth-order valence-electron chi connectivity index (χ4n) is 5.73. The zero-order chi connectivity index (χ0) is 22.9. The van der Waals surface area contributed by atoms with E-state index in [1.54, 1.807) is 12.1 Å². The lowest BCUT2D eigenvalue weighted by atomic mass is 9.91. The van der Waals surface area contributed by atoms with Gasteiger partial charge in [0.05, 0.1) is 0 Å². The van der Waals surface area contributed by atoms with Crippen LogP contribution in [-0.2, 0) is 11.8 Å². The molecule has 2 aliphatic heterocycles. The van der Waals surface area contributed by atoms with Crippen molar-refractivity contribution in [2.75, 3.05) is 32.4 Å². The Morgan fingerprint density at radius 2 is 1.88 bits per heavy atom. The Bertz CT molecular complexity index is 1310. The van der Waals surface area contributed by atoms with Crippen molar-refractivity contribution < 1.29 is 13.6 Å². The van der Waals surface area contributed by atoms with Crippen molar-refractivity contribution in [1.82, 2.24) is 15.2 Å². The maximum atomic E-state index is 15.0. The van der Waals surface area contributed by atoms with Gasteiger partial charge in [0.25, 0.3) is 5.91 Å². The lowest BCUT2D eigenvalue weighted by molar-refractivity contribution is 0.0945. The smallest absolute Gasteiger partial charge is 0.251 e. The highest BCUT2D eigenvalue weighted by molar-refractivity contribution is 5.97. The van der Waals surface area contributed by atoms with Crippen molar-refractivity contribution >= 4 is 11.7 Å². The number of benzene rings is 2. The molecule has 0 bridgehead atoms. The van der Waals surface area contributed by atoms with Crippen molar-refractivity contribution in [3.05, 3.63) is 70.9 Å². The molecule has 3 aromatic rings. The molecule has 1 unspecified atom stereocenters. The monoisotopic (exact) mass is 446 g/mol. The van der Waals surface area contributed by atoms with Gasteiger partial charge in [0.1, 0.15) is 11.6 Å².